The van der Waals surface area contributed by atoms with Crippen molar-refractivity contribution in [2.75, 3.05) is 6.61 Å². The highest BCUT2D eigenvalue weighted by Gasteiger charge is 2.02. The van der Waals surface area contributed by atoms with E-state index in [2.05, 4.69) is 34.6 Å². The Labute approximate surface area is 104 Å². The summed E-state index contributed by atoms with van der Waals surface area (Å²) in [7, 11) is 0. The smallest absolute Gasteiger partial charge is 0.333 e. The number of benzene rings is 1. The third-order valence-electron chi connectivity index (χ3n) is 2.15. The van der Waals surface area contributed by atoms with Crippen LogP contribution in [-0.2, 0) is 21.3 Å². The molecule has 0 atom stereocenters. The SMILES string of the molecule is C=C(C)C(=O)OCCc1ccc(CBr)cc1. The third-order valence-corrected chi connectivity index (χ3v) is 2.80. The van der Waals surface area contributed by atoms with Gasteiger partial charge in [0.05, 0.1) is 6.61 Å². The summed E-state index contributed by atoms with van der Waals surface area (Å²) in [6.07, 6.45) is 0.738. The van der Waals surface area contributed by atoms with Crippen molar-refractivity contribution in [1.82, 2.24) is 0 Å². The Morgan fingerprint density at radius 3 is 2.38 bits per heavy atom. The number of rotatable bonds is 5. The zero-order valence-electron chi connectivity index (χ0n) is 9.33. The van der Waals surface area contributed by atoms with Gasteiger partial charge in [-0.2, -0.15) is 0 Å². The summed E-state index contributed by atoms with van der Waals surface area (Å²) in [5.41, 5.74) is 2.84. The lowest BCUT2D eigenvalue weighted by Gasteiger charge is -2.04. The quantitative estimate of drug-likeness (QED) is 0.471. The van der Waals surface area contributed by atoms with Gasteiger partial charge in [-0.05, 0) is 18.1 Å². The molecule has 0 N–H and O–H groups in total. The maximum atomic E-state index is 11.1. The molecule has 0 radical (unpaired) electrons. The lowest BCUT2D eigenvalue weighted by Crippen LogP contribution is -2.07. The number of carbonyl (C=O) groups is 1. The van der Waals surface area contributed by atoms with Crippen molar-refractivity contribution in [1.29, 1.82) is 0 Å². The molecule has 0 saturated heterocycles. The van der Waals surface area contributed by atoms with E-state index >= 15 is 0 Å². The van der Waals surface area contributed by atoms with Crippen molar-refractivity contribution >= 4 is 21.9 Å². The molecule has 1 aromatic rings. The molecule has 2 nitrogen and oxygen atoms in total. The average molecular weight is 283 g/mol. The van der Waals surface area contributed by atoms with Gasteiger partial charge in [-0.1, -0.05) is 46.8 Å². The minimum Gasteiger partial charge on any atom is -0.462 e. The number of hydrogen-bond donors (Lipinski definition) is 0. The van der Waals surface area contributed by atoms with Gasteiger partial charge in [0.2, 0.25) is 0 Å². The highest BCUT2D eigenvalue weighted by molar-refractivity contribution is 9.08. The standard InChI is InChI=1S/C13H15BrO2/c1-10(2)13(15)16-8-7-11-3-5-12(9-14)6-4-11/h3-6H,1,7-9H2,2H3. The van der Waals surface area contributed by atoms with Crippen molar-refractivity contribution in [2.24, 2.45) is 0 Å². The first-order chi connectivity index (χ1) is 7.63. The topological polar surface area (TPSA) is 26.3 Å². The van der Waals surface area contributed by atoms with Crippen LogP contribution in [0.15, 0.2) is 36.4 Å². The van der Waals surface area contributed by atoms with Crippen molar-refractivity contribution in [3.05, 3.63) is 47.5 Å². The predicted molar refractivity (Wildman–Crippen MR) is 68.6 cm³/mol. The van der Waals surface area contributed by atoms with Crippen LogP contribution >= 0.6 is 15.9 Å². The zero-order chi connectivity index (χ0) is 12.0. The molecular weight excluding hydrogens is 268 g/mol. The highest BCUT2D eigenvalue weighted by atomic mass is 79.9. The molecule has 0 aromatic heterocycles. The molecule has 0 amide bonds. The van der Waals surface area contributed by atoms with Crippen LogP contribution in [-0.4, -0.2) is 12.6 Å². The van der Waals surface area contributed by atoms with Crippen molar-refractivity contribution in [3.63, 3.8) is 0 Å². The third kappa shape index (κ3) is 4.19. The number of halogens is 1. The highest BCUT2D eigenvalue weighted by Crippen LogP contribution is 2.08. The molecule has 0 bridgehead atoms. The fraction of sp³-hybridized carbons (Fsp3) is 0.308. The van der Waals surface area contributed by atoms with E-state index in [9.17, 15) is 4.79 Å². The zero-order valence-corrected chi connectivity index (χ0v) is 10.9. The van der Waals surface area contributed by atoms with Crippen LogP contribution in [0.2, 0.25) is 0 Å². The molecule has 3 heteroatoms. The van der Waals surface area contributed by atoms with Gasteiger partial charge < -0.3 is 4.74 Å². The lowest BCUT2D eigenvalue weighted by molar-refractivity contribution is -0.138. The first-order valence-corrected chi connectivity index (χ1v) is 6.22. The molecule has 0 fully saturated rings. The van der Waals surface area contributed by atoms with E-state index in [0.29, 0.717) is 12.2 Å². The molecule has 86 valence electrons. The Kier molecular flexibility index (Phi) is 5.26. The van der Waals surface area contributed by atoms with Gasteiger partial charge in [-0.3, -0.25) is 0 Å². The summed E-state index contributed by atoms with van der Waals surface area (Å²) in [5.74, 6) is -0.322. The van der Waals surface area contributed by atoms with E-state index in [-0.39, 0.29) is 5.97 Å². The number of esters is 1. The van der Waals surface area contributed by atoms with E-state index in [0.717, 1.165) is 11.8 Å². The van der Waals surface area contributed by atoms with Crippen LogP contribution in [0.5, 0.6) is 0 Å². The summed E-state index contributed by atoms with van der Waals surface area (Å²) in [4.78, 5) is 11.1. The van der Waals surface area contributed by atoms with Crippen LogP contribution in [0.25, 0.3) is 0 Å². The summed E-state index contributed by atoms with van der Waals surface area (Å²) < 4.78 is 5.02. The van der Waals surface area contributed by atoms with Gasteiger partial charge in [-0.15, -0.1) is 0 Å². The van der Waals surface area contributed by atoms with E-state index in [4.69, 9.17) is 4.74 Å². The fourth-order valence-corrected chi connectivity index (χ4v) is 1.55. The van der Waals surface area contributed by atoms with Gasteiger partial charge in [0, 0.05) is 17.3 Å². The first kappa shape index (κ1) is 13.0. The van der Waals surface area contributed by atoms with E-state index < -0.39 is 0 Å². The largest absolute Gasteiger partial charge is 0.462 e. The second-order valence-corrected chi connectivity index (χ2v) is 4.18. The van der Waals surface area contributed by atoms with Gasteiger partial charge >= 0.3 is 5.97 Å². The molecule has 1 rings (SSSR count). The lowest BCUT2D eigenvalue weighted by atomic mass is 10.1. The normalized spacial score (nSPS) is 9.88. The summed E-state index contributed by atoms with van der Waals surface area (Å²) in [6, 6.07) is 8.21. The Balaban J connectivity index is 2.37. The Hall–Kier alpha value is -1.09. The number of ether oxygens (including phenoxy) is 1. The molecule has 0 aliphatic rings. The summed E-state index contributed by atoms with van der Waals surface area (Å²) in [5, 5.41) is 0.859. The number of alkyl halides is 1. The predicted octanol–water partition coefficient (Wildman–Crippen LogP) is 3.24. The van der Waals surface area contributed by atoms with Gasteiger partial charge in [0.25, 0.3) is 0 Å². The Morgan fingerprint density at radius 1 is 1.31 bits per heavy atom. The molecule has 0 aliphatic carbocycles. The molecular formula is C13H15BrO2. The minimum absolute atomic E-state index is 0.322. The minimum atomic E-state index is -0.322. The van der Waals surface area contributed by atoms with Crippen LogP contribution in [0, 0.1) is 0 Å². The molecule has 0 heterocycles. The molecule has 16 heavy (non-hydrogen) atoms. The number of hydrogen-bond acceptors (Lipinski definition) is 2. The second kappa shape index (κ2) is 6.48. The summed E-state index contributed by atoms with van der Waals surface area (Å²) in [6.45, 7) is 5.57. The molecule has 1 aromatic carbocycles. The average Bonchev–Trinajstić information content (AvgIpc) is 2.29. The van der Waals surface area contributed by atoms with Crippen LogP contribution in [0.1, 0.15) is 18.1 Å². The van der Waals surface area contributed by atoms with Crippen LogP contribution in [0.3, 0.4) is 0 Å². The molecule has 0 saturated carbocycles. The molecule has 0 spiro atoms. The van der Waals surface area contributed by atoms with Crippen LogP contribution in [0.4, 0.5) is 0 Å². The van der Waals surface area contributed by atoms with E-state index in [1.165, 1.54) is 11.1 Å². The number of carbonyl (C=O) groups excluding carboxylic acids is 1. The summed E-state index contributed by atoms with van der Waals surface area (Å²) >= 11 is 3.39. The van der Waals surface area contributed by atoms with Gasteiger partial charge in [0.1, 0.15) is 0 Å². The maximum Gasteiger partial charge on any atom is 0.333 e. The first-order valence-electron chi connectivity index (χ1n) is 5.10. The maximum absolute atomic E-state index is 11.1. The van der Waals surface area contributed by atoms with E-state index in [1.54, 1.807) is 6.92 Å². The van der Waals surface area contributed by atoms with Gasteiger partial charge in [-0.25, -0.2) is 4.79 Å². The molecule has 0 aliphatic heterocycles. The fourth-order valence-electron chi connectivity index (χ4n) is 1.18. The Morgan fingerprint density at radius 2 is 1.88 bits per heavy atom. The van der Waals surface area contributed by atoms with Crippen molar-refractivity contribution < 1.29 is 9.53 Å². The van der Waals surface area contributed by atoms with Crippen LogP contribution < -0.4 is 0 Å². The monoisotopic (exact) mass is 282 g/mol. The van der Waals surface area contributed by atoms with Gasteiger partial charge in [0.15, 0.2) is 0 Å². The van der Waals surface area contributed by atoms with Crippen molar-refractivity contribution in [2.45, 2.75) is 18.7 Å². The van der Waals surface area contributed by atoms with E-state index in [1.807, 2.05) is 12.1 Å². The molecule has 0 unspecified atom stereocenters. The Bertz CT molecular complexity index is 368. The van der Waals surface area contributed by atoms with Crippen molar-refractivity contribution in [3.8, 4) is 0 Å². The second-order valence-electron chi connectivity index (χ2n) is 3.62.